The minimum absolute atomic E-state index is 0.0835. The second-order valence-corrected chi connectivity index (χ2v) is 11.5. The van der Waals surface area contributed by atoms with Crippen LogP contribution in [0.4, 0.5) is 0 Å². The van der Waals surface area contributed by atoms with Gasteiger partial charge in [0.1, 0.15) is 12.1 Å². The Morgan fingerprint density at radius 2 is 1.79 bits per heavy atom. The van der Waals surface area contributed by atoms with Gasteiger partial charge in [0.15, 0.2) is 0 Å². The molecule has 0 spiro atoms. The van der Waals surface area contributed by atoms with Crippen LogP contribution in [0.1, 0.15) is 77.0 Å². The first-order chi connectivity index (χ1) is 14.2. The third-order valence-corrected chi connectivity index (χ3v) is 10.1. The Balaban J connectivity index is 1.38. The highest BCUT2D eigenvalue weighted by Gasteiger charge is 2.56. The highest BCUT2D eigenvalue weighted by Crippen LogP contribution is 2.48. The molecule has 8 atom stereocenters. The first-order valence-corrected chi connectivity index (χ1v) is 13.1. The third kappa shape index (κ3) is 3.85. The molecule has 0 aromatic heterocycles. The summed E-state index contributed by atoms with van der Waals surface area (Å²) in [5, 5.41) is 15.7. The van der Waals surface area contributed by atoms with Gasteiger partial charge >= 0.3 is 0 Å². The number of rotatable bonds is 5. The molecule has 8 unspecified atom stereocenters. The summed E-state index contributed by atoms with van der Waals surface area (Å²) >= 11 is 0. The van der Waals surface area contributed by atoms with Crippen LogP contribution in [-0.4, -0.2) is 54.0 Å². The topological polar surface area (TPSA) is 32.3 Å². The van der Waals surface area contributed by atoms with Crippen molar-refractivity contribution < 1.29 is 9.59 Å². The van der Waals surface area contributed by atoms with Gasteiger partial charge in [-0.05, 0) is 56.4 Å². The lowest BCUT2D eigenvalue weighted by Gasteiger charge is -2.60. The molecule has 164 valence electrons. The number of piperidine rings is 4. The molecule has 2 saturated carbocycles. The van der Waals surface area contributed by atoms with Crippen LogP contribution in [0, 0.1) is 29.6 Å². The fourth-order valence-corrected chi connectivity index (χ4v) is 8.62. The average Bonchev–Trinajstić information content (AvgIpc) is 2.78. The molecule has 4 aliphatic heterocycles. The van der Waals surface area contributed by atoms with Gasteiger partial charge in [0.05, 0.1) is 19.6 Å². The van der Waals surface area contributed by atoms with Gasteiger partial charge in [-0.1, -0.05) is 38.2 Å². The van der Waals surface area contributed by atoms with E-state index in [0.717, 1.165) is 24.3 Å². The molecule has 4 heterocycles. The van der Waals surface area contributed by atoms with Crippen molar-refractivity contribution in [3.8, 4) is 0 Å². The van der Waals surface area contributed by atoms with Crippen molar-refractivity contribution in [1.29, 1.82) is 0 Å². The van der Waals surface area contributed by atoms with Gasteiger partial charge in [-0.25, -0.2) is 0 Å². The molecule has 4 saturated heterocycles. The third-order valence-electron chi connectivity index (χ3n) is 10.1. The summed E-state index contributed by atoms with van der Waals surface area (Å²) in [7, 11) is 0. The maximum atomic E-state index is 11.9. The number of fused-ring (bicyclic) bond motifs is 4. The molecule has 3 nitrogen and oxygen atoms in total. The number of aliphatic hydroxyl groups is 1. The summed E-state index contributed by atoms with van der Waals surface area (Å²) in [6.45, 7) is 9.28. The van der Waals surface area contributed by atoms with Gasteiger partial charge in [0, 0.05) is 30.7 Å². The average molecular weight is 402 g/mol. The van der Waals surface area contributed by atoms with Gasteiger partial charge in [0.2, 0.25) is 0 Å². The van der Waals surface area contributed by atoms with Crippen LogP contribution in [0.25, 0.3) is 0 Å². The van der Waals surface area contributed by atoms with E-state index >= 15 is 0 Å². The van der Waals surface area contributed by atoms with Crippen molar-refractivity contribution in [2.75, 3.05) is 26.2 Å². The Kier molecular flexibility index (Phi) is 6.11. The largest absolute Gasteiger partial charge is 0.387 e. The molecule has 0 aromatic rings. The predicted octanol–water partition coefficient (Wildman–Crippen LogP) is 4.51. The fraction of sp³-hybridized carbons (Fsp3) is 0.923. The summed E-state index contributed by atoms with van der Waals surface area (Å²) in [5.41, 5.74) is 0. The van der Waals surface area contributed by atoms with Crippen LogP contribution < -0.4 is 5.32 Å². The molecule has 0 aromatic carbocycles. The van der Waals surface area contributed by atoms with Crippen molar-refractivity contribution >= 4 is 0 Å². The van der Waals surface area contributed by atoms with E-state index in [0.29, 0.717) is 23.9 Å². The Bertz CT molecular complexity index is 571. The molecule has 2 aliphatic carbocycles. The lowest BCUT2D eigenvalue weighted by atomic mass is 9.65. The minimum Gasteiger partial charge on any atom is -0.387 e. The van der Waals surface area contributed by atoms with E-state index in [1.54, 1.807) is 0 Å². The van der Waals surface area contributed by atoms with Gasteiger partial charge in [-0.2, -0.15) is 0 Å². The van der Waals surface area contributed by atoms with E-state index in [2.05, 4.69) is 18.0 Å². The molecule has 0 radical (unpaired) electrons. The molecule has 0 amide bonds. The second-order valence-electron chi connectivity index (χ2n) is 11.5. The first-order valence-electron chi connectivity index (χ1n) is 13.1. The molecule has 29 heavy (non-hydrogen) atoms. The zero-order valence-corrected chi connectivity index (χ0v) is 18.6. The lowest BCUT2D eigenvalue weighted by molar-refractivity contribution is -0.975. The van der Waals surface area contributed by atoms with Crippen LogP contribution in [0.2, 0.25) is 0 Å². The monoisotopic (exact) mass is 401 g/mol. The van der Waals surface area contributed by atoms with E-state index in [1.807, 2.05) is 0 Å². The summed E-state index contributed by atoms with van der Waals surface area (Å²) in [6.07, 6.45) is 18.6. The molecule has 6 rings (SSSR count). The molecule has 6 fully saturated rings. The Morgan fingerprint density at radius 3 is 2.62 bits per heavy atom. The number of nitrogens with zero attached hydrogens (tertiary/aromatic N) is 1. The standard InChI is InChI=1S/C26H45N2O/c1-2-20-18-28(17-19-8-4-3-5-9-19)15-13-21(20)16-25(28)26(29)23-12-14-27-24-11-7-6-10-22(23)24/h2,19-27,29H,1,3-18H2/q+1. The van der Waals surface area contributed by atoms with Gasteiger partial charge < -0.3 is 14.9 Å². The van der Waals surface area contributed by atoms with Crippen LogP contribution in [0.3, 0.4) is 0 Å². The molecule has 2 N–H and O–H groups in total. The Hall–Kier alpha value is -0.380. The second kappa shape index (κ2) is 8.63. The summed E-state index contributed by atoms with van der Waals surface area (Å²) in [4.78, 5) is 0. The normalized spacial score (nSPS) is 46.8. The molecule has 6 aliphatic rings. The summed E-state index contributed by atoms with van der Waals surface area (Å²) in [6, 6.07) is 1.18. The molecular weight excluding hydrogens is 356 g/mol. The number of nitrogens with one attached hydrogen (secondary N) is 1. The summed E-state index contributed by atoms with van der Waals surface area (Å²) < 4.78 is 1.24. The molecule has 2 bridgehead atoms. The number of hydrogen-bond acceptors (Lipinski definition) is 2. The zero-order chi connectivity index (χ0) is 19.8. The molecular formula is C26H45N2O+. The van der Waals surface area contributed by atoms with E-state index in [4.69, 9.17) is 0 Å². The van der Waals surface area contributed by atoms with E-state index in [-0.39, 0.29) is 6.10 Å². The van der Waals surface area contributed by atoms with Crippen molar-refractivity contribution in [2.45, 2.75) is 95.2 Å². The summed E-state index contributed by atoms with van der Waals surface area (Å²) in [5.74, 6) is 3.62. The minimum atomic E-state index is -0.0835. The highest BCUT2D eigenvalue weighted by molar-refractivity contribution is 5.00. The van der Waals surface area contributed by atoms with Gasteiger partial charge in [-0.3, -0.25) is 0 Å². The quantitative estimate of drug-likeness (QED) is 0.525. The van der Waals surface area contributed by atoms with Crippen molar-refractivity contribution in [2.24, 2.45) is 29.6 Å². The predicted molar refractivity (Wildman–Crippen MR) is 119 cm³/mol. The van der Waals surface area contributed by atoms with E-state index in [1.165, 1.54) is 101 Å². The van der Waals surface area contributed by atoms with Crippen molar-refractivity contribution in [3.63, 3.8) is 0 Å². The lowest BCUT2D eigenvalue weighted by Crippen LogP contribution is -2.72. The van der Waals surface area contributed by atoms with E-state index in [9.17, 15) is 5.11 Å². The highest BCUT2D eigenvalue weighted by atomic mass is 16.3. The number of aliphatic hydroxyl groups excluding tert-OH is 1. The Morgan fingerprint density at radius 1 is 1.00 bits per heavy atom. The zero-order valence-electron chi connectivity index (χ0n) is 18.6. The SMILES string of the molecule is C=CC1C[N+]2(CC3CCCCC3)CCC1CC2C(O)C1CCNC2CCCCC21. The fourth-order valence-electron chi connectivity index (χ4n) is 8.62. The van der Waals surface area contributed by atoms with Crippen LogP contribution >= 0.6 is 0 Å². The van der Waals surface area contributed by atoms with Crippen molar-refractivity contribution in [3.05, 3.63) is 12.7 Å². The smallest absolute Gasteiger partial charge is 0.116 e. The maximum absolute atomic E-state index is 11.9. The van der Waals surface area contributed by atoms with E-state index < -0.39 is 0 Å². The number of quaternary nitrogens is 1. The van der Waals surface area contributed by atoms with Crippen molar-refractivity contribution in [1.82, 2.24) is 5.32 Å². The van der Waals surface area contributed by atoms with Crippen LogP contribution in [0.5, 0.6) is 0 Å². The number of hydrogen-bond donors (Lipinski definition) is 2. The van der Waals surface area contributed by atoms with Crippen LogP contribution in [-0.2, 0) is 0 Å². The van der Waals surface area contributed by atoms with Gasteiger partial charge in [-0.15, -0.1) is 6.58 Å². The maximum Gasteiger partial charge on any atom is 0.116 e. The van der Waals surface area contributed by atoms with Gasteiger partial charge in [0.25, 0.3) is 0 Å². The molecule has 3 heteroatoms. The Labute approximate surface area is 178 Å². The van der Waals surface area contributed by atoms with Crippen LogP contribution in [0.15, 0.2) is 12.7 Å². The first kappa shape index (κ1) is 20.5.